The first-order chi connectivity index (χ1) is 45.9. The number of rotatable bonds is 73. The van der Waals surface area contributed by atoms with E-state index in [9.17, 15) is 43.2 Å². The van der Waals surface area contributed by atoms with E-state index in [0.29, 0.717) is 31.6 Å². The SMILES string of the molecule is CCCCCC/C=C\C=C/CCCCCCCC(=O)OC[C@H](COP(=O)(O)OC[C@@H](O)COP(=O)(O)OC[C@@H](COC(=O)CCCCCCCCC(C)C)OC(=O)CCCCCCCCCCCCCCC)OC(=O)CCCCCCCCCCCCCCCCCC(C)C. The first kappa shape index (κ1) is 92.5. The molecule has 0 aromatic rings. The van der Waals surface area contributed by atoms with Crippen LogP contribution in [0.1, 0.15) is 369 Å². The molecule has 0 heterocycles. The summed E-state index contributed by atoms with van der Waals surface area (Å²) in [7, 11) is -9.92. The van der Waals surface area contributed by atoms with Gasteiger partial charge in [0.2, 0.25) is 0 Å². The number of aliphatic hydroxyl groups excluding tert-OH is 1. The molecule has 0 rings (SSSR count). The van der Waals surface area contributed by atoms with Crippen LogP contribution in [0.3, 0.4) is 0 Å². The monoisotopic (exact) mass is 1390 g/mol. The average Bonchev–Trinajstić information content (AvgIpc) is 3.58. The van der Waals surface area contributed by atoms with Crippen molar-refractivity contribution in [3.63, 3.8) is 0 Å². The molecule has 0 bridgehead atoms. The van der Waals surface area contributed by atoms with Crippen LogP contribution in [0.2, 0.25) is 0 Å². The normalized spacial score (nSPS) is 14.2. The van der Waals surface area contributed by atoms with Crippen LogP contribution in [0.5, 0.6) is 0 Å². The number of phosphoric ester groups is 2. The van der Waals surface area contributed by atoms with Crippen LogP contribution in [-0.2, 0) is 65.4 Å². The number of hydrogen-bond donors (Lipinski definition) is 3. The standard InChI is InChI=1S/C76H144O17P2/c1-7-9-11-13-15-17-19-21-23-28-31-35-39-46-52-58-73(78)86-64-71(92-75(80)61-55-49-41-37-33-29-25-22-24-27-30-34-38-44-50-56-68(3)4)66-90-94(82,83)88-62-70(77)63-89-95(84,85)91-67-72(65-87-74(79)59-53-47-43-42-45-51-57-69(5)6)93-76(81)60-54-48-40-36-32-26-20-18-16-14-12-10-8-2/h17,19,21,23,68-72,77H,7-16,18,20,22,24-67H2,1-6H3,(H,82,83)(H,84,85)/b19-17-,23-21-/t70-,71-,72-/m1/s1. The van der Waals surface area contributed by atoms with Gasteiger partial charge in [0.1, 0.15) is 19.3 Å². The van der Waals surface area contributed by atoms with Crippen molar-refractivity contribution in [2.75, 3.05) is 39.6 Å². The van der Waals surface area contributed by atoms with E-state index in [4.69, 9.17) is 37.0 Å². The lowest BCUT2D eigenvalue weighted by atomic mass is 10.0. The molecule has 0 aromatic heterocycles. The Labute approximate surface area is 580 Å². The highest BCUT2D eigenvalue weighted by Crippen LogP contribution is 2.45. The molecule has 0 amide bonds. The van der Waals surface area contributed by atoms with Crippen LogP contribution < -0.4 is 0 Å². The van der Waals surface area contributed by atoms with E-state index in [1.807, 2.05) is 0 Å². The maximum absolute atomic E-state index is 13.1. The third-order valence-electron chi connectivity index (χ3n) is 17.1. The van der Waals surface area contributed by atoms with Gasteiger partial charge in [0.15, 0.2) is 12.2 Å². The number of carbonyl (C=O) groups is 4. The summed E-state index contributed by atoms with van der Waals surface area (Å²) in [5.74, 6) is -0.669. The number of aliphatic hydroxyl groups is 1. The van der Waals surface area contributed by atoms with Gasteiger partial charge in [-0.2, -0.15) is 0 Å². The quantitative estimate of drug-likeness (QED) is 0.0169. The van der Waals surface area contributed by atoms with Crippen LogP contribution in [0.15, 0.2) is 24.3 Å². The van der Waals surface area contributed by atoms with E-state index in [1.54, 1.807) is 0 Å². The van der Waals surface area contributed by atoms with Gasteiger partial charge in [-0.05, 0) is 63.2 Å². The Kier molecular flexibility index (Phi) is 65.6. The summed E-state index contributed by atoms with van der Waals surface area (Å²) >= 11 is 0. The minimum absolute atomic E-state index is 0.101. The maximum atomic E-state index is 13.1. The molecule has 0 fully saturated rings. The molecule has 5 atom stereocenters. The van der Waals surface area contributed by atoms with Gasteiger partial charge in [-0.25, -0.2) is 9.13 Å². The Hall–Kier alpha value is -2.46. The number of carbonyl (C=O) groups excluding carboxylic acids is 4. The Morgan fingerprint density at radius 2 is 0.568 bits per heavy atom. The second-order valence-electron chi connectivity index (χ2n) is 27.7. The van der Waals surface area contributed by atoms with Crippen LogP contribution in [0.25, 0.3) is 0 Å². The number of esters is 4. The molecule has 0 aliphatic carbocycles. The first-order valence-corrected chi connectivity index (χ1v) is 41.8. The fraction of sp³-hybridized carbons (Fsp3) is 0.895. The highest BCUT2D eigenvalue weighted by molar-refractivity contribution is 7.47. The van der Waals surface area contributed by atoms with Gasteiger partial charge in [-0.1, -0.05) is 316 Å². The molecule has 0 aliphatic heterocycles. The lowest BCUT2D eigenvalue weighted by molar-refractivity contribution is -0.161. The van der Waals surface area contributed by atoms with Gasteiger partial charge in [0.25, 0.3) is 0 Å². The van der Waals surface area contributed by atoms with E-state index < -0.39 is 97.5 Å². The number of ether oxygens (including phenoxy) is 4. The summed E-state index contributed by atoms with van der Waals surface area (Å²) < 4.78 is 68.4. The van der Waals surface area contributed by atoms with Crippen LogP contribution in [-0.4, -0.2) is 96.7 Å². The zero-order valence-electron chi connectivity index (χ0n) is 61.5. The van der Waals surface area contributed by atoms with E-state index >= 15 is 0 Å². The first-order valence-electron chi connectivity index (χ1n) is 38.8. The smallest absolute Gasteiger partial charge is 0.462 e. The molecule has 0 aromatic carbocycles. The molecule has 95 heavy (non-hydrogen) atoms. The van der Waals surface area contributed by atoms with Crippen molar-refractivity contribution in [1.29, 1.82) is 0 Å². The molecule has 560 valence electrons. The fourth-order valence-electron chi connectivity index (χ4n) is 11.1. The fourth-order valence-corrected chi connectivity index (χ4v) is 12.7. The zero-order valence-corrected chi connectivity index (χ0v) is 63.2. The third-order valence-corrected chi connectivity index (χ3v) is 19.0. The largest absolute Gasteiger partial charge is 0.472 e. The van der Waals surface area contributed by atoms with Crippen molar-refractivity contribution < 1.29 is 80.2 Å². The Bertz CT molecular complexity index is 1930. The molecule has 17 nitrogen and oxygen atoms in total. The second kappa shape index (κ2) is 67.4. The van der Waals surface area contributed by atoms with Crippen LogP contribution >= 0.6 is 15.6 Å². The van der Waals surface area contributed by atoms with E-state index in [2.05, 4.69) is 65.8 Å². The minimum atomic E-state index is -4.96. The molecule has 0 saturated heterocycles. The molecule has 3 N–H and O–H groups in total. The van der Waals surface area contributed by atoms with E-state index in [0.717, 1.165) is 121 Å². The van der Waals surface area contributed by atoms with Crippen LogP contribution in [0, 0.1) is 11.8 Å². The van der Waals surface area contributed by atoms with Gasteiger partial charge < -0.3 is 33.8 Å². The summed E-state index contributed by atoms with van der Waals surface area (Å²) in [5, 5.41) is 10.6. The number of phosphoric acid groups is 2. The van der Waals surface area contributed by atoms with Crippen molar-refractivity contribution in [3.8, 4) is 0 Å². The Morgan fingerprint density at radius 1 is 0.326 bits per heavy atom. The maximum Gasteiger partial charge on any atom is 0.472 e. The van der Waals surface area contributed by atoms with Gasteiger partial charge in [-0.15, -0.1) is 0 Å². The van der Waals surface area contributed by atoms with Crippen molar-refractivity contribution in [2.24, 2.45) is 11.8 Å². The van der Waals surface area contributed by atoms with Gasteiger partial charge in [-0.3, -0.25) is 37.3 Å². The molecule has 0 aliphatic rings. The van der Waals surface area contributed by atoms with Gasteiger partial charge in [0, 0.05) is 25.7 Å². The van der Waals surface area contributed by atoms with Crippen molar-refractivity contribution >= 4 is 39.5 Å². The molecule has 19 heteroatoms. The van der Waals surface area contributed by atoms with Crippen LogP contribution in [0.4, 0.5) is 0 Å². The lowest BCUT2D eigenvalue weighted by Gasteiger charge is -2.21. The summed E-state index contributed by atoms with van der Waals surface area (Å²) in [6, 6.07) is 0. The summed E-state index contributed by atoms with van der Waals surface area (Å²) in [6.07, 6.45) is 57.8. The highest BCUT2D eigenvalue weighted by Gasteiger charge is 2.30. The molecule has 0 spiro atoms. The predicted octanol–water partition coefficient (Wildman–Crippen LogP) is 21.9. The average molecular weight is 1390 g/mol. The van der Waals surface area contributed by atoms with Crippen molar-refractivity contribution in [1.82, 2.24) is 0 Å². The summed E-state index contributed by atoms with van der Waals surface area (Å²) in [5.41, 5.74) is 0. The molecular weight excluding hydrogens is 1250 g/mol. The lowest BCUT2D eigenvalue weighted by Crippen LogP contribution is -2.30. The van der Waals surface area contributed by atoms with Crippen molar-refractivity contribution in [3.05, 3.63) is 24.3 Å². The van der Waals surface area contributed by atoms with E-state index in [1.165, 1.54) is 161 Å². The van der Waals surface area contributed by atoms with Gasteiger partial charge in [0.05, 0.1) is 26.4 Å². The Morgan fingerprint density at radius 3 is 0.863 bits per heavy atom. The van der Waals surface area contributed by atoms with Gasteiger partial charge >= 0.3 is 39.5 Å². The topological polar surface area (TPSA) is 237 Å². The minimum Gasteiger partial charge on any atom is -0.462 e. The third kappa shape index (κ3) is 69.8. The molecule has 0 saturated carbocycles. The second-order valence-corrected chi connectivity index (χ2v) is 30.6. The number of hydrogen-bond acceptors (Lipinski definition) is 15. The molecular formula is C76H144O17P2. The highest BCUT2D eigenvalue weighted by atomic mass is 31.2. The number of allylic oxidation sites excluding steroid dienone is 4. The van der Waals surface area contributed by atoms with Crippen molar-refractivity contribution in [2.45, 2.75) is 387 Å². The molecule has 2 unspecified atom stereocenters. The van der Waals surface area contributed by atoms with E-state index in [-0.39, 0.29) is 25.7 Å². The summed E-state index contributed by atoms with van der Waals surface area (Å²) in [6.45, 7) is 9.47. The predicted molar refractivity (Wildman–Crippen MR) is 386 cm³/mol. The zero-order chi connectivity index (χ0) is 70.0. The molecule has 0 radical (unpaired) electrons. The Balaban J connectivity index is 5.27. The number of unbranched alkanes of at least 4 members (excludes halogenated alkanes) is 40. The summed E-state index contributed by atoms with van der Waals surface area (Å²) in [4.78, 5) is 72.7.